The lowest BCUT2D eigenvalue weighted by molar-refractivity contribution is -0.160. The molecule has 3 N–H and O–H groups in total. The standard InChI is InChI=1S/C26H27N3O7S/c1-26(2,18-11-7-4-8-12-18)36-23(31)20-17(14-34-24(27)32)15-37-22-19(21(30)29(20)22)28-25(33)35-13-16-9-5-3-6-10-16/h3-12,19,22H,13-15H2,1-2H3,(H2,27,32)(H,28,33)/t19-,22-/m1/s1. The molecule has 2 atom stereocenters. The Morgan fingerprint density at radius 2 is 1.68 bits per heavy atom. The number of ether oxygens (including phenoxy) is 3. The number of alkyl carbamates (subject to hydrolysis) is 1. The predicted molar refractivity (Wildman–Crippen MR) is 135 cm³/mol. The van der Waals surface area contributed by atoms with Crippen LogP contribution in [-0.2, 0) is 36.0 Å². The number of esters is 1. The molecular formula is C26H27N3O7S. The molecule has 11 heteroatoms. The van der Waals surface area contributed by atoms with E-state index in [1.165, 1.54) is 16.7 Å². The van der Waals surface area contributed by atoms with Crippen molar-refractivity contribution in [3.05, 3.63) is 83.1 Å². The second kappa shape index (κ2) is 11.0. The molecule has 0 aliphatic carbocycles. The molecule has 1 saturated heterocycles. The van der Waals surface area contributed by atoms with Crippen molar-refractivity contribution in [3.63, 3.8) is 0 Å². The highest BCUT2D eigenvalue weighted by atomic mass is 32.2. The molecule has 37 heavy (non-hydrogen) atoms. The molecule has 1 fully saturated rings. The highest BCUT2D eigenvalue weighted by Crippen LogP contribution is 2.41. The number of amides is 3. The van der Waals surface area contributed by atoms with E-state index in [1.54, 1.807) is 13.8 Å². The molecule has 0 spiro atoms. The minimum atomic E-state index is -1.01. The summed E-state index contributed by atoms with van der Waals surface area (Å²) in [6, 6.07) is 17.4. The van der Waals surface area contributed by atoms with Crippen LogP contribution in [0, 0.1) is 0 Å². The fourth-order valence-corrected chi connectivity index (χ4v) is 5.34. The molecule has 0 aromatic heterocycles. The van der Waals surface area contributed by atoms with E-state index >= 15 is 0 Å². The molecule has 0 bridgehead atoms. The van der Waals surface area contributed by atoms with Crippen molar-refractivity contribution in [2.24, 2.45) is 5.73 Å². The lowest BCUT2D eigenvalue weighted by Crippen LogP contribution is -2.70. The largest absolute Gasteiger partial charge is 0.450 e. The molecule has 194 valence electrons. The predicted octanol–water partition coefficient (Wildman–Crippen LogP) is 3.02. The summed E-state index contributed by atoms with van der Waals surface area (Å²) in [5.74, 6) is -0.995. The Labute approximate surface area is 218 Å². The Hall–Kier alpha value is -3.99. The van der Waals surface area contributed by atoms with Gasteiger partial charge in [-0.25, -0.2) is 14.4 Å². The summed E-state index contributed by atoms with van der Waals surface area (Å²) in [6.45, 7) is 3.25. The van der Waals surface area contributed by atoms with Crippen molar-refractivity contribution in [3.8, 4) is 0 Å². The van der Waals surface area contributed by atoms with E-state index in [1.807, 2.05) is 60.7 Å². The van der Waals surface area contributed by atoms with Gasteiger partial charge in [-0.1, -0.05) is 60.7 Å². The second-order valence-corrected chi connectivity index (χ2v) is 10.0. The van der Waals surface area contributed by atoms with Crippen LogP contribution in [-0.4, -0.2) is 52.7 Å². The zero-order valence-corrected chi connectivity index (χ0v) is 21.2. The zero-order chi connectivity index (χ0) is 26.6. The number of nitrogens with one attached hydrogen (secondary N) is 1. The lowest BCUT2D eigenvalue weighted by atomic mass is 9.98. The Morgan fingerprint density at radius 1 is 1.03 bits per heavy atom. The number of thioether (sulfide) groups is 1. The van der Waals surface area contributed by atoms with Crippen molar-refractivity contribution < 1.29 is 33.4 Å². The third kappa shape index (κ3) is 5.88. The van der Waals surface area contributed by atoms with E-state index in [4.69, 9.17) is 19.9 Å². The number of carbonyl (C=O) groups is 4. The lowest BCUT2D eigenvalue weighted by Gasteiger charge is -2.49. The van der Waals surface area contributed by atoms with Gasteiger partial charge in [-0.15, -0.1) is 11.8 Å². The van der Waals surface area contributed by atoms with Crippen LogP contribution in [0.5, 0.6) is 0 Å². The highest BCUT2D eigenvalue weighted by Gasteiger charge is 2.55. The Bertz CT molecular complexity index is 1220. The van der Waals surface area contributed by atoms with E-state index in [9.17, 15) is 19.2 Å². The van der Waals surface area contributed by atoms with E-state index in [-0.39, 0.29) is 24.7 Å². The smallest absolute Gasteiger partial charge is 0.408 e. The second-order valence-electron chi connectivity index (χ2n) is 8.92. The number of nitrogens with zero attached hydrogens (tertiary/aromatic N) is 1. The number of benzene rings is 2. The molecule has 2 aliphatic heterocycles. The fourth-order valence-electron chi connectivity index (χ4n) is 4.01. The Morgan fingerprint density at radius 3 is 2.32 bits per heavy atom. The average molecular weight is 526 g/mol. The summed E-state index contributed by atoms with van der Waals surface area (Å²) in [5.41, 5.74) is 6.03. The van der Waals surface area contributed by atoms with Crippen LogP contribution in [0.2, 0.25) is 0 Å². The van der Waals surface area contributed by atoms with Crippen LogP contribution in [0.25, 0.3) is 0 Å². The maximum atomic E-state index is 13.4. The average Bonchev–Trinajstić information content (AvgIpc) is 2.89. The monoisotopic (exact) mass is 525 g/mol. The number of β-lactam (4-membered cyclic amide) rings is 1. The van der Waals surface area contributed by atoms with Gasteiger partial charge in [0.2, 0.25) is 0 Å². The van der Waals surface area contributed by atoms with Gasteiger partial charge in [0.05, 0.1) is 0 Å². The van der Waals surface area contributed by atoms with Gasteiger partial charge >= 0.3 is 18.2 Å². The van der Waals surface area contributed by atoms with Crippen molar-refractivity contribution >= 4 is 35.8 Å². The zero-order valence-electron chi connectivity index (χ0n) is 20.3. The van der Waals surface area contributed by atoms with Gasteiger partial charge in [-0.3, -0.25) is 9.69 Å². The van der Waals surface area contributed by atoms with Gasteiger partial charge in [-0.2, -0.15) is 0 Å². The molecule has 3 amide bonds. The van der Waals surface area contributed by atoms with Gasteiger partial charge in [0, 0.05) is 11.3 Å². The van der Waals surface area contributed by atoms with E-state index in [0.717, 1.165) is 11.1 Å². The molecule has 2 heterocycles. The third-order valence-corrected chi connectivity index (χ3v) is 7.27. The Balaban J connectivity index is 1.49. The number of fused-ring (bicyclic) bond motifs is 1. The first-order chi connectivity index (χ1) is 17.7. The van der Waals surface area contributed by atoms with E-state index in [2.05, 4.69) is 5.32 Å². The van der Waals surface area contributed by atoms with Gasteiger partial charge < -0.3 is 25.3 Å². The summed E-state index contributed by atoms with van der Waals surface area (Å²) in [7, 11) is 0. The number of hydrogen-bond donors (Lipinski definition) is 2. The molecule has 2 aromatic carbocycles. The van der Waals surface area contributed by atoms with Crippen LogP contribution >= 0.6 is 11.8 Å². The number of rotatable bonds is 8. The normalized spacial score (nSPS) is 18.9. The summed E-state index contributed by atoms with van der Waals surface area (Å²) in [6.07, 6.45) is -1.75. The summed E-state index contributed by atoms with van der Waals surface area (Å²) >= 11 is 1.31. The SMILES string of the molecule is CC(C)(OC(=O)C1=C(COC(N)=O)CS[C@@H]2[C@H](NC(=O)OCc3ccccc3)C(=O)N12)c1ccccc1. The summed E-state index contributed by atoms with van der Waals surface area (Å²) < 4.78 is 16.0. The van der Waals surface area contributed by atoms with E-state index in [0.29, 0.717) is 5.57 Å². The van der Waals surface area contributed by atoms with Crippen LogP contribution in [0.4, 0.5) is 9.59 Å². The quantitative estimate of drug-likeness (QED) is 0.305. The van der Waals surface area contributed by atoms with Crippen molar-refractivity contribution in [1.82, 2.24) is 10.2 Å². The number of nitrogens with two attached hydrogens (primary N) is 1. The topological polar surface area (TPSA) is 137 Å². The summed E-state index contributed by atoms with van der Waals surface area (Å²) in [4.78, 5) is 51.3. The van der Waals surface area contributed by atoms with Crippen molar-refractivity contribution in [2.75, 3.05) is 12.4 Å². The van der Waals surface area contributed by atoms with Gasteiger partial charge in [0.25, 0.3) is 5.91 Å². The van der Waals surface area contributed by atoms with Crippen LogP contribution < -0.4 is 11.1 Å². The number of hydrogen-bond acceptors (Lipinski definition) is 8. The van der Waals surface area contributed by atoms with Gasteiger partial charge in [0.1, 0.15) is 35.9 Å². The highest BCUT2D eigenvalue weighted by molar-refractivity contribution is 8.00. The van der Waals surface area contributed by atoms with E-state index < -0.39 is 41.1 Å². The first kappa shape index (κ1) is 26.1. The van der Waals surface area contributed by atoms with Crippen LogP contribution in [0.15, 0.2) is 71.9 Å². The number of carbonyl (C=O) groups excluding carboxylic acids is 4. The number of primary amides is 1. The molecule has 4 rings (SSSR count). The van der Waals surface area contributed by atoms with Gasteiger partial charge in [0.15, 0.2) is 0 Å². The van der Waals surface area contributed by atoms with Crippen molar-refractivity contribution in [1.29, 1.82) is 0 Å². The van der Waals surface area contributed by atoms with Crippen LogP contribution in [0.1, 0.15) is 25.0 Å². The molecule has 0 radical (unpaired) electrons. The molecule has 2 aromatic rings. The minimum absolute atomic E-state index is 0.0188. The molecule has 2 aliphatic rings. The third-order valence-electron chi connectivity index (χ3n) is 5.93. The fraction of sp³-hybridized carbons (Fsp3) is 0.308. The first-order valence-electron chi connectivity index (χ1n) is 11.5. The molecule has 10 nitrogen and oxygen atoms in total. The maximum absolute atomic E-state index is 13.4. The maximum Gasteiger partial charge on any atom is 0.408 e. The Kier molecular flexibility index (Phi) is 7.72. The molecule has 0 unspecified atom stereocenters. The minimum Gasteiger partial charge on any atom is -0.450 e. The first-order valence-corrected chi connectivity index (χ1v) is 12.6. The summed E-state index contributed by atoms with van der Waals surface area (Å²) in [5, 5.41) is 2.02. The van der Waals surface area contributed by atoms with Crippen LogP contribution in [0.3, 0.4) is 0 Å². The molecular weight excluding hydrogens is 498 g/mol. The van der Waals surface area contributed by atoms with Gasteiger partial charge in [-0.05, 0) is 25.0 Å². The van der Waals surface area contributed by atoms with Crippen molar-refractivity contribution in [2.45, 2.75) is 37.5 Å². The molecule has 0 saturated carbocycles.